The SMILES string of the molecule is CCN(CC)CCSc1cccc(S(=O)(=O)N(C)C)c1N. The molecule has 1 aromatic rings. The van der Waals surface area contributed by atoms with Crippen LogP contribution >= 0.6 is 11.8 Å². The molecule has 1 rings (SSSR count). The van der Waals surface area contributed by atoms with Crippen molar-refractivity contribution in [1.29, 1.82) is 0 Å². The Kier molecular flexibility index (Phi) is 6.99. The molecule has 1 aromatic carbocycles. The van der Waals surface area contributed by atoms with Gasteiger partial charge in [-0.15, -0.1) is 11.8 Å². The first-order chi connectivity index (χ1) is 9.84. The molecule has 0 saturated carbocycles. The molecule has 0 fully saturated rings. The highest BCUT2D eigenvalue weighted by Crippen LogP contribution is 2.31. The molecule has 5 nitrogen and oxygen atoms in total. The van der Waals surface area contributed by atoms with E-state index < -0.39 is 10.0 Å². The molecule has 2 N–H and O–H groups in total. The Morgan fingerprint density at radius 3 is 2.33 bits per heavy atom. The van der Waals surface area contributed by atoms with Gasteiger partial charge < -0.3 is 10.6 Å². The molecule has 0 aliphatic heterocycles. The van der Waals surface area contributed by atoms with Gasteiger partial charge in [-0.05, 0) is 25.2 Å². The standard InChI is InChI=1S/C14H25N3O2S2/c1-5-17(6-2)10-11-20-12-8-7-9-13(14(12)15)21(18,19)16(3)4/h7-9H,5-6,10-11,15H2,1-4H3. The van der Waals surface area contributed by atoms with Crippen LogP contribution in [0.1, 0.15) is 13.8 Å². The normalized spacial score (nSPS) is 12.3. The highest BCUT2D eigenvalue weighted by atomic mass is 32.2. The Hall–Kier alpha value is -0.760. The molecule has 7 heteroatoms. The number of rotatable bonds is 8. The van der Waals surface area contributed by atoms with Crippen LogP contribution in [0.2, 0.25) is 0 Å². The zero-order chi connectivity index (χ0) is 16.0. The zero-order valence-corrected chi connectivity index (χ0v) is 14.8. The molecule has 0 spiro atoms. The molecule has 0 heterocycles. The van der Waals surface area contributed by atoms with E-state index in [1.54, 1.807) is 23.9 Å². The minimum Gasteiger partial charge on any atom is -0.397 e. The molecule has 0 radical (unpaired) electrons. The number of benzene rings is 1. The molecular formula is C14H25N3O2S2. The lowest BCUT2D eigenvalue weighted by atomic mass is 10.3. The fourth-order valence-electron chi connectivity index (χ4n) is 1.90. The van der Waals surface area contributed by atoms with E-state index >= 15 is 0 Å². The summed E-state index contributed by atoms with van der Waals surface area (Å²) in [5, 5.41) is 0. The molecule has 0 saturated heterocycles. The summed E-state index contributed by atoms with van der Waals surface area (Å²) < 4.78 is 25.6. The van der Waals surface area contributed by atoms with Crippen LogP contribution in [0.4, 0.5) is 5.69 Å². The van der Waals surface area contributed by atoms with Crippen molar-refractivity contribution in [1.82, 2.24) is 9.21 Å². The second-order valence-electron chi connectivity index (χ2n) is 4.83. The third-order valence-corrected chi connectivity index (χ3v) is 6.27. The van der Waals surface area contributed by atoms with Crippen LogP contribution in [0.3, 0.4) is 0 Å². The molecule has 21 heavy (non-hydrogen) atoms. The van der Waals surface area contributed by atoms with Crippen molar-refractivity contribution >= 4 is 27.5 Å². The van der Waals surface area contributed by atoms with Gasteiger partial charge in [0.15, 0.2) is 0 Å². The van der Waals surface area contributed by atoms with Crippen LogP contribution in [0, 0.1) is 0 Å². The minimum absolute atomic E-state index is 0.181. The quantitative estimate of drug-likeness (QED) is 0.582. The molecule has 0 unspecified atom stereocenters. The summed E-state index contributed by atoms with van der Waals surface area (Å²) >= 11 is 1.60. The monoisotopic (exact) mass is 331 g/mol. The second-order valence-corrected chi connectivity index (χ2v) is 8.09. The van der Waals surface area contributed by atoms with E-state index in [4.69, 9.17) is 5.73 Å². The number of nitrogens with zero attached hydrogens (tertiary/aromatic N) is 2. The van der Waals surface area contributed by atoms with E-state index in [9.17, 15) is 8.42 Å². The number of hydrogen-bond acceptors (Lipinski definition) is 5. The molecule has 0 aliphatic rings. The average molecular weight is 332 g/mol. The smallest absolute Gasteiger partial charge is 0.244 e. The van der Waals surface area contributed by atoms with Gasteiger partial charge in [0.25, 0.3) is 0 Å². The van der Waals surface area contributed by atoms with Crippen LogP contribution in [0.5, 0.6) is 0 Å². The number of nitrogens with two attached hydrogens (primary N) is 1. The molecular weight excluding hydrogens is 306 g/mol. The van der Waals surface area contributed by atoms with E-state index in [0.29, 0.717) is 5.69 Å². The van der Waals surface area contributed by atoms with Gasteiger partial charge in [0.05, 0.1) is 5.69 Å². The lowest BCUT2D eigenvalue weighted by Gasteiger charge is -2.18. The predicted octanol–water partition coefficient (Wildman–Crippen LogP) is 1.95. The Morgan fingerprint density at radius 2 is 1.81 bits per heavy atom. The van der Waals surface area contributed by atoms with E-state index in [-0.39, 0.29) is 4.90 Å². The summed E-state index contributed by atoms with van der Waals surface area (Å²) in [6, 6.07) is 5.17. The van der Waals surface area contributed by atoms with Crippen molar-refractivity contribution < 1.29 is 8.42 Å². The van der Waals surface area contributed by atoms with Gasteiger partial charge in [-0.25, -0.2) is 12.7 Å². The Labute approximate surface area is 132 Å². The molecule has 0 atom stereocenters. The third kappa shape index (κ3) is 4.60. The van der Waals surface area contributed by atoms with Crippen LogP contribution in [-0.2, 0) is 10.0 Å². The first-order valence-electron chi connectivity index (χ1n) is 7.00. The maximum atomic E-state index is 12.2. The highest BCUT2D eigenvalue weighted by molar-refractivity contribution is 7.99. The van der Waals surface area contributed by atoms with Crippen molar-refractivity contribution in [2.75, 3.05) is 45.2 Å². The predicted molar refractivity (Wildman–Crippen MR) is 90.2 cm³/mol. The summed E-state index contributed by atoms with van der Waals surface area (Å²) in [5.74, 6) is 0.886. The number of para-hydroxylation sites is 1. The van der Waals surface area contributed by atoms with Crippen LogP contribution < -0.4 is 5.73 Å². The van der Waals surface area contributed by atoms with E-state index in [2.05, 4.69) is 18.7 Å². The summed E-state index contributed by atoms with van der Waals surface area (Å²) in [6.07, 6.45) is 0. The lowest BCUT2D eigenvalue weighted by molar-refractivity contribution is 0.324. The summed E-state index contributed by atoms with van der Waals surface area (Å²) in [6.45, 7) is 7.25. The lowest BCUT2D eigenvalue weighted by Crippen LogP contribution is -2.25. The summed E-state index contributed by atoms with van der Waals surface area (Å²) in [7, 11) is -0.478. The van der Waals surface area contributed by atoms with Gasteiger partial charge in [-0.3, -0.25) is 0 Å². The minimum atomic E-state index is -3.50. The number of sulfonamides is 1. The van der Waals surface area contributed by atoms with Gasteiger partial charge in [0, 0.05) is 31.3 Å². The van der Waals surface area contributed by atoms with Crippen LogP contribution in [0.25, 0.3) is 0 Å². The number of hydrogen-bond donors (Lipinski definition) is 1. The maximum Gasteiger partial charge on any atom is 0.244 e. The third-order valence-electron chi connectivity index (χ3n) is 3.34. The number of thioether (sulfide) groups is 1. The van der Waals surface area contributed by atoms with E-state index in [0.717, 1.165) is 30.3 Å². The van der Waals surface area contributed by atoms with E-state index in [1.807, 2.05) is 6.07 Å². The Bertz CT molecular complexity index is 555. The van der Waals surface area contributed by atoms with E-state index in [1.165, 1.54) is 18.4 Å². The summed E-state index contributed by atoms with van der Waals surface area (Å²) in [5.41, 5.74) is 6.39. The first kappa shape index (κ1) is 18.3. The van der Waals surface area contributed by atoms with Gasteiger partial charge in [-0.1, -0.05) is 19.9 Å². The van der Waals surface area contributed by atoms with Crippen molar-refractivity contribution in [3.8, 4) is 0 Å². The molecule has 0 aliphatic carbocycles. The van der Waals surface area contributed by atoms with Crippen molar-refractivity contribution in [3.05, 3.63) is 18.2 Å². The van der Waals surface area contributed by atoms with Crippen molar-refractivity contribution in [2.24, 2.45) is 0 Å². The summed E-state index contributed by atoms with van der Waals surface area (Å²) in [4.78, 5) is 3.33. The van der Waals surface area contributed by atoms with Crippen molar-refractivity contribution in [3.63, 3.8) is 0 Å². The highest BCUT2D eigenvalue weighted by Gasteiger charge is 2.21. The van der Waals surface area contributed by atoms with Gasteiger partial charge >= 0.3 is 0 Å². The molecule has 0 aromatic heterocycles. The van der Waals surface area contributed by atoms with Crippen molar-refractivity contribution in [2.45, 2.75) is 23.6 Å². The van der Waals surface area contributed by atoms with Gasteiger partial charge in [0.2, 0.25) is 10.0 Å². The number of nitrogen functional groups attached to an aromatic ring is 1. The Morgan fingerprint density at radius 1 is 1.19 bits per heavy atom. The second kappa shape index (κ2) is 8.03. The molecule has 0 bridgehead atoms. The fraction of sp³-hybridized carbons (Fsp3) is 0.571. The molecule has 0 amide bonds. The number of anilines is 1. The Balaban J connectivity index is 2.87. The topological polar surface area (TPSA) is 66.6 Å². The van der Waals surface area contributed by atoms with Crippen LogP contribution in [-0.4, -0.2) is 57.1 Å². The van der Waals surface area contributed by atoms with Crippen LogP contribution in [0.15, 0.2) is 28.0 Å². The van der Waals surface area contributed by atoms with Gasteiger partial charge in [0.1, 0.15) is 4.90 Å². The first-order valence-corrected chi connectivity index (χ1v) is 9.43. The average Bonchev–Trinajstić information content (AvgIpc) is 2.44. The largest absolute Gasteiger partial charge is 0.397 e. The fourth-order valence-corrected chi connectivity index (χ4v) is 4.00. The zero-order valence-electron chi connectivity index (χ0n) is 13.2. The van der Waals surface area contributed by atoms with Gasteiger partial charge in [-0.2, -0.15) is 0 Å². The maximum absolute atomic E-state index is 12.2. The molecule has 120 valence electrons.